The van der Waals surface area contributed by atoms with Gasteiger partial charge in [0, 0.05) is 31.5 Å². The van der Waals surface area contributed by atoms with Gasteiger partial charge in [-0.25, -0.2) is 4.39 Å². The Morgan fingerprint density at radius 2 is 2.04 bits per heavy atom. The van der Waals surface area contributed by atoms with Crippen LogP contribution in [0.3, 0.4) is 0 Å². The molecule has 2 rings (SSSR count). The third-order valence-electron chi connectivity index (χ3n) is 3.22. The maximum absolute atomic E-state index is 13.1. The minimum Gasteiger partial charge on any atom is -0.361 e. The number of anilines is 1. The summed E-state index contributed by atoms with van der Waals surface area (Å²) in [6.45, 7) is 2.68. The third-order valence-corrected chi connectivity index (χ3v) is 3.76. The number of rotatable bonds is 5. The van der Waals surface area contributed by atoms with Crippen molar-refractivity contribution in [3.05, 3.63) is 46.5 Å². The summed E-state index contributed by atoms with van der Waals surface area (Å²) in [6, 6.07) is 5.94. The van der Waals surface area contributed by atoms with Crippen LogP contribution in [-0.2, 0) is 7.05 Å². The lowest BCUT2D eigenvalue weighted by molar-refractivity contribution is 0.0948. The molecule has 1 amide bonds. The second-order valence-corrected chi connectivity index (χ2v) is 5.88. The molecule has 0 bridgehead atoms. The molecule has 0 aliphatic rings. The van der Waals surface area contributed by atoms with E-state index in [-0.39, 0.29) is 10.9 Å². The molecule has 0 fully saturated rings. The molecular weight excluding hydrogens is 353 g/mol. The highest BCUT2D eigenvalue weighted by Crippen LogP contribution is 2.19. The minimum atomic E-state index is -0.492. The van der Waals surface area contributed by atoms with E-state index < -0.39 is 5.82 Å². The van der Waals surface area contributed by atoms with Crippen LogP contribution in [0.25, 0.3) is 0 Å². The van der Waals surface area contributed by atoms with Crippen LogP contribution in [0.4, 0.5) is 10.1 Å². The lowest BCUT2D eigenvalue weighted by atomic mass is 10.3. The summed E-state index contributed by atoms with van der Waals surface area (Å²) < 4.78 is 14.7. The fraction of sp³-hybridized carbons (Fsp3) is 0.267. The molecule has 2 aromatic rings. The number of carbonyl (C=O) groups excluding carboxylic acids is 1. The highest BCUT2D eigenvalue weighted by Gasteiger charge is 2.10. The van der Waals surface area contributed by atoms with Crippen LogP contribution in [0.5, 0.6) is 0 Å². The first-order valence-corrected chi connectivity index (χ1v) is 7.94. The van der Waals surface area contributed by atoms with Crippen molar-refractivity contribution in [2.45, 2.75) is 6.92 Å². The van der Waals surface area contributed by atoms with Crippen LogP contribution >= 0.6 is 23.8 Å². The van der Waals surface area contributed by atoms with Gasteiger partial charge in [-0.3, -0.25) is 9.48 Å². The zero-order valence-electron chi connectivity index (χ0n) is 13.2. The van der Waals surface area contributed by atoms with Gasteiger partial charge in [0.1, 0.15) is 11.5 Å². The molecule has 0 unspecified atom stereocenters. The van der Waals surface area contributed by atoms with Crippen LogP contribution in [0.2, 0.25) is 5.02 Å². The van der Waals surface area contributed by atoms with Gasteiger partial charge in [-0.2, -0.15) is 5.10 Å². The van der Waals surface area contributed by atoms with Gasteiger partial charge in [0.2, 0.25) is 0 Å². The Kier molecular flexibility index (Phi) is 6.10. The van der Waals surface area contributed by atoms with Gasteiger partial charge in [0.25, 0.3) is 5.91 Å². The van der Waals surface area contributed by atoms with Crippen molar-refractivity contribution < 1.29 is 9.18 Å². The predicted molar refractivity (Wildman–Crippen MR) is 95.9 cm³/mol. The molecule has 1 heterocycles. The Morgan fingerprint density at radius 1 is 1.33 bits per heavy atom. The third kappa shape index (κ3) is 4.90. The molecule has 128 valence electrons. The van der Waals surface area contributed by atoms with Gasteiger partial charge in [-0.15, -0.1) is 0 Å². The fourth-order valence-electron chi connectivity index (χ4n) is 1.86. The number of aryl methyl sites for hydroxylation is 2. The summed E-state index contributed by atoms with van der Waals surface area (Å²) >= 11 is 10.8. The lowest BCUT2D eigenvalue weighted by Crippen LogP contribution is -2.36. The van der Waals surface area contributed by atoms with Crippen molar-refractivity contribution >= 4 is 40.5 Å². The van der Waals surface area contributed by atoms with E-state index in [1.807, 2.05) is 6.92 Å². The monoisotopic (exact) mass is 369 g/mol. The normalized spacial score (nSPS) is 10.3. The summed E-state index contributed by atoms with van der Waals surface area (Å²) in [5.74, 6) is -0.738. The Bertz CT molecular complexity index is 745. The predicted octanol–water partition coefficient (Wildman–Crippen LogP) is 2.24. The average molecular weight is 370 g/mol. The number of amides is 1. The molecule has 1 aromatic heterocycles. The molecule has 6 nitrogen and oxygen atoms in total. The van der Waals surface area contributed by atoms with Crippen molar-refractivity contribution in [1.82, 2.24) is 20.4 Å². The van der Waals surface area contributed by atoms with Crippen molar-refractivity contribution in [1.29, 1.82) is 0 Å². The summed E-state index contributed by atoms with van der Waals surface area (Å²) in [5, 5.41) is 13.0. The highest BCUT2D eigenvalue weighted by molar-refractivity contribution is 7.80. The molecule has 0 saturated carbocycles. The maximum Gasteiger partial charge on any atom is 0.271 e. The van der Waals surface area contributed by atoms with Crippen molar-refractivity contribution in [2.75, 3.05) is 18.4 Å². The van der Waals surface area contributed by atoms with Gasteiger partial charge in [0.05, 0.1) is 5.02 Å². The number of benzene rings is 1. The van der Waals surface area contributed by atoms with E-state index in [2.05, 4.69) is 21.0 Å². The Balaban J connectivity index is 1.72. The quantitative estimate of drug-likeness (QED) is 0.557. The molecule has 3 N–H and O–H groups in total. The molecule has 0 aliphatic heterocycles. The van der Waals surface area contributed by atoms with E-state index in [9.17, 15) is 9.18 Å². The zero-order chi connectivity index (χ0) is 17.7. The summed E-state index contributed by atoms with van der Waals surface area (Å²) in [6.07, 6.45) is 0. The number of thiocarbonyl (C=S) groups is 1. The lowest BCUT2D eigenvalue weighted by Gasteiger charge is -2.11. The SMILES string of the molecule is Cc1cc(C(=O)NCCNC(=S)Nc2ccc(F)c(Cl)c2)nn1C. The van der Waals surface area contributed by atoms with Crippen molar-refractivity contribution in [2.24, 2.45) is 7.05 Å². The van der Waals surface area contributed by atoms with Gasteiger partial charge < -0.3 is 16.0 Å². The highest BCUT2D eigenvalue weighted by atomic mass is 35.5. The number of nitrogens with zero attached hydrogens (tertiary/aromatic N) is 2. The van der Waals surface area contributed by atoms with E-state index in [1.165, 1.54) is 18.2 Å². The van der Waals surface area contributed by atoms with Crippen molar-refractivity contribution in [3.8, 4) is 0 Å². The van der Waals surface area contributed by atoms with Crippen LogP contribution in [0.1, 0.15) is 16.2 Å². The molecule has 24 heavy (non-hydrogen) atoms. The summed E-state index contributed by atoms with van der Waals surface area (Å²) in [7, 11) is 1.78. The molecule has 0 saturated heterocycles. The maximum atomic E-state index is 13.1. The Hall–Kier alpha value is -2.19. The van der Waals surface area contributed by atoms with Crippen molar-refractivity contribution in [3.63, 3.8) is 0 Å². The van der Waals surface area contributed by atoms with Crippen LogP contribution in [0.15, 0.2) is 24.3 Å². The molecule has 0 spiro atoms. The number of aromatic nitrogens is 2. The van der Waals surface area contributed by atoms with Gasteiger partial charge >= 0.3 is 0 Å². The number of halogens is 2. The summed E-state index contributed by atoms with van der Waals surface area (Å²) in [5.41, 5.74) is 1.85. The Morgan fingerprint density at radius 3 is 2.67 bits per heavy atom. The number of hydrogen-bond acceptors (Lipinski definition) is 3. The van der Waals surface area contributed by atoms with Crippen LogP contribution in [0, 0.1) is 12.7 Å². The number of nitrogens with one attached hydrogen (secondary N) is 3. The van der Waals surface area contributed by atoms with Gasteiger partial charge in [-0.1, -0.05) is 11.6 Å². The topological polar surface area (TPSA) is 71.0 Å². The first kappa shape index (κ1) is 18.2. The first-order valence-electron chi connectivity index (χ1n) is 7.15. The average Bonchev–Trinajstić information content (AvgIpc) is 2.87. The molecule has 0 atom stereocenters. The van der Waals surface area contributed by atoms with Crippen LogP contribution < -0.4 is 16.0 Å². The van der Waals surface area contributed by atoms with E-state index in [0.717, 1.165) is 5.69 Å². The second-order valence-electron chi connectivity index (χ2n) is 5.06. The molecular formula is C15H17ClFN5OS. The molecule has 9 heteroatoms. The van der Waals surface area contributed by atoms with Gasteiger partial charge in [0.15, 0.2) is 5.11 Å². The smallest absolute Gasteiger partial charge is 0.271 e. The molecule has 0 radical (unpaired) electrons. The first-order chi connectivity index (χ1) is 11.4. The number of carbonyl (C=O) groups is 1. The van der Waals surface area contributed by atoms with E-state index in [1.54, 1.807) is 17.8 Å². The van der Waals surface area contributed by atoms with E-state index in [4.69, 9.17) is 23.8 Å². The molecule has 0 aliphatic carbocycles. The van der Waals surface area contributed by atoms with E-state index in [0.29, 0.717) is 29.6 Å². The largest absolute Gasteiger partial charge is 0.361 e. The minimum absolute atomic E-state index is 0.0146. The zero-order valence-corrected chi connectivity index (χ0v) is 14.8. The van der Waals surface area contributed by atoms with Gasteiger partial charge in [-0.05, 0) is 43.4 Å². The standard InChI is InChI=1S/C15H17ClFN5OS/c1-9-7-13(21-22(9)2)14(23)18-5-6-19-15(24)20-10-3-4-12(17)11(16)8-10/h3-4,7-8H,5-6H2,1-2H3,(H,18,23)(H2,19,20,24). The fourth-order valence-corrected chi connectivity index (χ4v) is 2.26. The summed E-state index contributed by atoms with van der Waals surface area (Å²) in [4.78, 5) is 11.9. The molecule has 1 aromatic carbocycles. The van der Waals surface area contributed by atoms with E-state index >= 15 is 0 Å². The number of hydrogen-bond donors (Lipinski definition) is 3. The second kappa shape index (κ2) is 8.07. The van der Waals surface area contributed by atoms with Crippen LogP contribution in [-0.4, -0.2) is 33.9 Å². The Labute approximate surface area is 149 Å².